The monoisotopic (exact) mass is 298 g/mol. The maximum Gasteiger partial charge on any atom is 0.0834 e. The molecule has 0 aromatic carbocycles. The maximum absolute atomic E-state index is 6.51. The molecule has 2 rings (SSSR count). The fourth-order valence-electron chi connectivity index (χ4n) is 3.21. The summed E-state index contributed by atoms with van der Waals surface area (Å²) in [7, 11) is 4.13. The Morgan fingerprint density at radius 3 is 2.85 bits per heavy atom. The molecule has 1 fully saturated rings. The van der Waals surface area contributed by atoms with E-state index in [0.717, 1.165) is 29.7 Å². The number of hydrogen-bond acceptors (Lipinski definition) is 3. The van der Waals surface area contributed by atoms with E-state index in [1.54, 1.807) is 6.20 Å². The highest BCUT2D eigenvalue weighted by Crippen LogP contribution is 2.40. The molecule has 4 nitrogen and oxygen atoms in total. The van der Waals surface area contributed by atoms with Crippen molar-refractivity contribution < 1.29 is 0 Å². The van der Waals surface area contributed by atoms with E-state index in [-0.39, 0.29) is 6.04 Å². The van der Waals surface area contributed by atoms with Crippen LogP contribution in [0.5, 0.6) is 0 Å². The molecule has 0 bridgehead atoms. The first-order valence-electron chi connectivity index (χ1n) is 7.64. The number of aromatic nitrogens is 2. The van der Waals surface area contributed by atoms with Crippen molar-refractivity contribution in [2.24, 2.45) is 17.6 Å². The number of rotatable bonds is 6. The Balaban J connectivity index is 2.09. The summed E-state index contributed by atoms with van der Waals surface area (Å²) in [5, 5.41) is 5.12. The summed E-state index contributed by atoms with van der Waals surface area (Å²) in [5.41, 5.74) is 7.53. The summed E-state index contributed by atoms with van der Waals surface area (Å²) in [5.74, 6) is 1.38. The van der Waals surface area contributed by atoms with Crippen molar-refractivity contribution in [2.45, 2.75) is 45.2 Å². The Morgan fingerprint density at radius 2 is 2.25 bits per heavy atom. The highest BCUT2D eigenvalue weighted by atomic mass is 35.5. The van der Waals surface area contributed by atoms with E-state index in [0.29, 0.717) is 5.92 Å². The fraction of sp³-hybridized carbons (Fsp3) is 0.800. The van der Waals surface area contributed by atoms with Crippen LogP contribution in [-0.4, -0.2) is 35.3 Å². The van der Waals surface area contributed by atoms with Crippen LogP contribution in [0.2, 0.25) is 5.02 Å². The molecule has 5 heteroatoms. The molecule has 1 aromatic rings. The molecule has 3 unspecified atom stereocenters. The lowest BCUT2D eigenvalue weighted by molar-refractivity contribution is 0.351. The molecule has 1 aliphatic carbocycles. The lowest BCUT2D eigenvalue weighted by Gasteiger charge is -2.22. The highest BCUT2D eigenvalue weighted by molar-refractivity contribution is 6.31. The van der Waals surface area contributed by atoms with Crippen LogP contribution < -0.4 is 5.73 Å². The van der Waals surface area contributed by atoms with Gasteiger partial charge in [0, 0.05) is 6.54 Å². The SMILES string of the molecule is CCC1CCC(C(N)c2c(Cl)cnn2CCN(C)C)C1. The number of hydrogen-bond donors (Lipinski definition) is 1. The van der Waals surface area contributed by atoms with Gasteiger partial charge in [-0.3, -0.25) is 4.68 Å². The Kier molecular flexibility index (Phi) is 5.47. The van der Waals surface area contributed by atoms with Crippen LogP contribution in [0.15, 0.2) is 6.20 Å². The summed E-state index contributed by atoms with van der Waals surface area (Å²) < 4.78 is 1.99. The van der Waals surface area contributed by atoms with Crippen LogP contribution in [0.3, 0.4) is 0 Å². The molecule has 1 heterocycles. The Bertz CT molecular complexity index is 430. The van der Waals surface area contributed by atoms with Crippen LogP contribution in [0.25, 0.3) is 0 Å². The van der Waals surface area contributed by atoms with E-state index >= 15 is 0 Å². The molecule has 0 amide bonds. The second kappa shape index (κ2) is 6.92. The molecule has 1 aliphatic rings. The summed E-state index contributed by atoms with van der Waals surface area (Å²) >= 11 is 6.33. The molecule has 0 saturated heterocycles. The smallest absolute Gasteiger partial charge is 0.0834 e. The number of likely N-dealkylation sites (N-methyl/N-ethyl adjacent to an activating group) is 1. The zero-order valence-electron chi connectivity index (χ0n) is 12.8. The van der Waals surface area contributed by atoms with Gasteiger partial charge in [0.05, 0.1) is 29.5 Å². The summed E-state index contributed by atoms with van der Waals surface area (Å²) in [4.78, 5) is 2.15. The Morgan fingerprint density at radius 1 is 1.50 bits per heavy atom. The van der Waals surface area contributed by atoms with Crippen LogP contribution >= 0.6 is 11.6 Å². The first kappa shape index (κ1) is 15.8. The third kappa shape index (κ3) is 3.54. The minimum absolute atomic E-state index is 0.0173. The minimum Gasteiger partial charge on any atom is -0.322 e. The second-order valence-corrected chi connectivity index (χ2v) is 6.68. The molecule has 1 saturated carbocycles. The average Bonchev–Trinajstić information content (AvgIpc) is 3.02. The first-order chi connectivity index (χ1) is 9.52. The largest absolute Gasteiger partial charge is 0.322 e. The number of halogens is 1. The standard InChI is InChI=1S/C15H27ClN4/c1-4-11-5-6-12(9-11)14(17)15-13(16)10-18-20(15)8-7-19(2)3/h10-12,14H,4-9,17H2,1-3H3. The van der Waals surface area contributed by atoms with Gasteiger partial charge in [0.15, 0.2) is 0 Å². The van der Waals surface area contributed by atoms with Gasteiger partial charge >= 0.3 is 0 Å². The predicted octanol–water partition coefficient (Wildman–Crippen LogP) is 2.92. The zero-order chi connectivity index (χ0) is 14.7. The fourth-order valence-corrected chi connectivity index (χ4v) is 3.48. The van der Waals surface area contributed by atoms with Gasteiger partial charge in [-0.25, -0.2) is 0 Å². The topological polar surface area (TPSA) is 47.1 Å². The van der Waals surface area contributed by atoms with Crippen molar-refractivity contribution in [3.05, 3.63) is 16.9 Å². The molecule has 2 N–H and O–H groups in total. The molecule has 20 heavy (non-hydrogen) atoms. The van der Waals surface area contributed by atoms with Gasteiger partial charge < -0.3 is 10.6 Å². The molecule has 0 aliphatic heterocycles. The molecular formula is C15H27ClN4. The van der Waals surface area contributed by atoms with E-state index in [2.05, 4.69) is 31.0 Å². The van der Waals surface area contributed by atoms with Crippen LogP contribution in [0.1, 0.15) is 44.3 Å². The van der Waals surface area contributed by atoms with Gasteiger partial charge in [0.2, 0.25) is 0 Å². The van der Waals surface area contributed by atoms with Gasteiger partial charge in [-0.05, 0) is 38.8 Å². The average molecular weight is 299 g/mol. The van der Waals surface area contributed by atoms with E-state index < -0.39 is 0 Å². The van der Waals surface area contributed by atoms with Gasteiger partial charge in [-0.2, -0.15) is 5.10 Å². The van der Waals surface area contributed by atoms with Gasteiger partial charge in [-0.1, -0.05) is 31.4 Å². The van der Waals surface area contributed by atoms with E-state index in [1.807, 2.05) is 4.68 Å². The number of nitrogens with two attached hydrogens (primary N) is 1. The minimum atomic E-state index is 0.0173. The van der Waals surface area contributed by atoms with Crippen molar-refractivity contribution in [1.29, 1.82) is 0 Å². The van der Waals surface area contributed by atoms with E-state index in [1.165, 1.54) is 25.7 Å². The van der Waals surface area contributed by atoms with Crippen LogP contribution in [0.4, 0.5) is 0 Å². The van der Waals surface area contributed by atoms with E-state index in [9.17, 15) is 0 Å². The van der Waals surface area contributed by atoms with Crippen LogP contribution in [0, 0.1) is 11.8 Å². The van der Waals surface area contributed by atoms with Gasteiger partial charge in [-0.15, -0.1) is 0 Å². The Labute approximate surface area is 127 Å². The second-order valence-electron chi connectivity index (χ2n) is 6.28. The molecule has 3 atom stereocenters. The lowest BCUT2D eigenvalue weighted by Crippen LogP contribution is -2.26. The third-order valence-electron chi connectivity index (χ3n) is 4.58. The van der Waals surface area contributed by atoms with Crippen molar-refractivity contribution in [2.75, 3.05) is 20.6 Å². The van der Waals surface area contributed by atoms with Crippen molar-refractivity contribution >= 4 is 11.6 Å². The Hall–Kier alpha value is -0.580. The van der Waals surface area contributed by atoms with Crippen LogP contribution in [-0.2, 0) is 6.54 Å². The number of nitrogens with zero attached hydrogens (tertiary/aromatic N) is 3. The third-order valence-corrected chi connectivity index (χ3v) is 4.87. The van der Waals surface area contributed by atoms with Gasteiger partial charge in [0.1, 0.15) is 0 Å². The maximum atomic E-state index is 6.51. The van der Waals surface area contributed by atoms with Crippen molar-refractivity contribution in [3.8, 4) is 0 Å². The highest BCUT2D eigenvalue weighted by Gasteiger charge is 2.31. The van der Waals surface area contributed by atoms with Crippen molar-refractivity contribution in [1.82, 2.24) is 14.7 Å². The summed E-state index contributed by atoms with van der Waals surface area (Å²) in [6.45, 7) is 4.06. The van der Waals surface area contributed by atoms with E-state index in [4.69, 9.17) is 17.3 Å². The van der Waals surface area contributed by atoms with Crippen molar-refractivity contribution in [3.63, 3.8) is 0 Å². The molecule has 1 aromatic heterocycles. The normalized spacial score (nSPS) is 24.5. The molecular weight excluding hydrogens is 272 g/mol. The summed E-state index contributed by atoms with van der Waals surface area (Å²) in [6.07, 6.45) is 6.75. The molecule has 114 valence electrons. The lowest BCUT2D eigenvalue weighted by atomic mass is 9.94. The predicted molar refractivity (Wildman–Crippen MR) is 83.8 cm³/mol. The summed E-state index contributed by atoms with van der Waals surface area (Å²) in [6, 6.07) is 0.0173. The zero-order valence-corrected chi connectivity index (χ0v) is 13.6. The quantitative estimate of drug-likeness (QED) is 0.878. The molecule has 0 spiro atoms. The van der Waals surface area contributed by atoms with Gasteiger partial charge in [0.25, 0.3) is 0 Å². The first-order valence-corrected chi connectivity index (χ1v) is 8.02. The molecule has 0 radical (unpaired) electrons.